The molecule has 2 rings (SSSR count). The highest BCUT2D eigenvalue weighted by Crippen LogP contribution is 2.14. The van der Waals surface area contributed by atoms with Gasteiger partial charge in [-0.25, -0.2) is 0 Å². The van der Waals surface area contributed by atoms with E-state index in [1.807, 2.05) is 6.92 Å². The van der Waals surface area contributed by atoms with Gasteiger partial charge in [0.2, 0.25) is 16.9 Å². The van der Waals surface area contributed by atoms with Crippen LogP contribution in [0.5, 0.6) is 0 Å². The van der Waals surface area contributed by atoms with Crippen molar-refractivity contribution in [2.75, 3.05) is 18.4 Å². The Kier molecular flexibility index (Phi) is 3.68. The Bertz CT molecular complexity index is 432. The lowest BCUT2D eigenvalue weighted by Crippen LogP contribution is -2.40. The molecule has 0 aromatic carbocycles. The van der Waals surface area contributed by atoms with E-state index in [1.165, 1.54) is 11.3 Å². The van der Waals surface area contributed by atoms with E-state index in [2.05, 4.69) is 15.5 Å². The van der Waals surface area contributed by atoms with Crippen LogP contribution in [0.3, 0.4) is 0 Å². The monoisotopic (exact) mass is 254 g/mol. The molecule has 1 aliphatic rings. The molecule has 0 radical (unpaired) electrons. The molecule has 1 aromatic heterocycles. The van der Waals surface area contributed by atoms with Crippen molar-refractivity contribution in [2.24, 2.45) is 0 Å². The lowest BCUT2D eigenvalue weighted by atomic mass is 10.1. The molecule has 1 aromatic rings. The zero-order chi connectivity index (χ0) is 12.3. The maximum Gasteiger partial charge on any atom is 0.245 e. The van der Waals surface area contributed by atoms with Crippen molar-refractivity contribution in [3.05, 3.63) is 5.01 Å². The number of anilines is 1. The van der Waals surface area contributed by atoms with Gasteiger partial charge in [-0.2, -0.15) is 0 Å². The van der Waals surface area contributed by atoms with Crippen molar-refractivity contribution in [2.45, 2.75) is 26.2 Å². The van der Waals surface area contributed by atoms with Crippen molar-refractivity contribution < 1.29 is 9.59 Å². The molecule has 1 saturated heterocycles. The molecule has 0 saturated carbocycles. The van der Waals surface area contributed by atoms with Crippen molar-refractivity contribution in [3.8, 4) is 0 Å². The summed E-state index contributed by atoms with van der Waals surface area (Å²) in [6, 6.07) is 0. The largest absolute Gasteiger partial charge is 0.333 e. The lowest BCUT2D eigenvalue weighted by Gasteiger charge is -2.25. The predicted octanol–water partition coefficient (Wildman–Crippen LogP) is 0.798. The fourth-order valence-electron chi connectivity index (χ4n) is 1.71. The van der Waals surface area contributed by atoms with Crippen LogP contribution < -0.4 is 5.32 Å². The van der Waals surface area contributed by atoms with E-state index in [0.717, 1.165) is 17.8 Å². The minimum Gasteiger partial charge on any atom is -0.333 e. The van der Waals surface area contributed by atoms with Gasteiger partial charge in [-0.05, 0) is 19.8 Å². The van der Waals surface area contributed by atoms with Crippen LogP contribution in [-0.4, -0.2) is 40.0 Å². The molecule has 0 atom stereocenters. The summed E-state index contributed by atoms with van der Waals surface area (Å²) in [6.07, 6.45) is 2.44. The number of rotatable bonds is 3. The van der Waals surface area contributed by atoms with Gasteiger partial charge in [0.05, 0.1) is 6.54 Å². The summed E-state index contributed by atoms with van der Waals surface area (Å²) in [5, 5.41) is 11.5. The quantitative estimate of drug-likeness (QED) is 0.865. The van der Waals surface area contributed by atoms with Crippen LogP contribution in [0.25, 0.3) is 0 Å². The smallest absolute Gasteiger partial charge is 0.245 e. The number of likely N-dealkylation sites (tertiary alicyclic amines) is 1. The van der Waals surface area contributed by atoms with Crippen LogP contribution in [0, 0.1) is 6.92 Å². The summed E-state index contributed by atoms with van der Waals surface area (Å²) in [7, 11) is 0. The summed E-state index contributed by atoms with van der Waals surface area (Å²) in [6.45, 7) is 2.60. The molecule has 0 spiro atoms. The number of hydrogen-bond acceptors (Lipinski definition) is 5. The zero-order valence-electron chi connectivity index (χ0n) is 9.60. The van der Waals surface area contributed by atoms with Crippen LogP contribution in [0.2, 0.25) is 0 Å². The second-order valence-electron chi connectivity index (χ2n) is 3.95. The molecule has 1 N–H and O–H groups in total. The fourth-order valence-corrected chi connectivity index (χ4v) is 2.32. The van der Waals surface area contributed by atoms with Crippen LogP contribution in [0.1, 0.15) is 24.3 Å². The molecule has 0 bridgehead atoms. The SMILES string of the molecule is Cc1nnc(NC(=O)CN2CCCCC2=O)s1. The number of aryl methyl sites for hydroxylation is 1. The normalized spacial score (nSPS) is 16.1. The maximum atomic E-state index is 11.7. The first-order chi connectivity index (χ1) is 8.15. The minimum atomic E-state index is -0.212. The number of amides is 2. The average Bonchev–Trinajstić information content (AvgIpc) is 2.67. The Hall–Kier alpha value is -1.50. The van der Waals surface area contributed by atoms with Crippen molar-refractivity contribution in [1.29, 1.82) is 0 Å². The number of aromatic nitrogens is 2. The van der Waals surface area contributed by atoms with E-state index in [4.69, 9.17) is 0 Å². The van der Waals surface area contributed by atoms with E-state index >= 15 is 0 Å². The Morgan fingerprint density at radius 1 is 1.47 bits per heavy atom. The van der Waals surface area contributed by atoms with Gasteiger partial charge < -0.3 is 4.90 Å². The summed E-state index contributed by atoms with van der Waals surface area (Å²) in [4.78, 5) is 24.8. The maximum absolute atomic E-state index is 11.7. The van der Waals surface area contributed by atoms with Crippen LogP contribution >= 0.6 is 11.3 Å². The Morgan fingerprint density at radius 2 is 2.29 bits per heavy atom. The zero-order valence-corrected chi connectivity index (χ0v) is 10.4. The summed E-state index contributed by atoms with van der Waals surface area (Å²) < 4.78 is 0. The molecule has 0 unspecified atom stereocenters. The highest BCUT2D eigenvalue weighted by molar-refractivity contribution is 7.15. The van der Waals surface area contributed by atoms with Crippen LogP contribution in [0.15, 0.2) is 0 Å². The van der Waals surface area contributed by atoms with E-state index in [0.29, 0.717) is 18.1 Å². The molecule has 1 fully saturated rings. The second kappa shape index (κ2) is 5.22. The standard InChI is InChI=1S/C10H14N4O2S/c1-7-12-13-10(17-7)11-8(15)6-14-5-3-2-4-9(14)16/h2-6H2,1H3,(H,11,13,15). The average molecular weight is 254 g/mol. The summed E-state index contributed by atoms with van der Waals surface area (Å²) in [5.74, 6) is -0.156. The third kappa shape index (κ3) is 3.23. The third-order valence-corrected chi connectivity index (χ3v) is 3.28. The fraction of sp³-hybridized carbons (Fsp3) is 0.600. The molecule has 92 valence electrons. The third-order valence-electron chi connectivity index (χ3n) is 2.53. The van der Waals surface area contributed by atoms with Gasteiger partial charge >= 0.3 is 0 Å². The van der Waals surface area contributed by atoms with E-state index < -0.39 is 0 Å². The van der Waals surface area contributed by atoms with Gasteiger partial charge in [0.25, 0.3) is 0 Å². The molecule has 0 aliphatic carbocycles. The van der Waals surface area contributed by atoms with Gasteiger partial charge in [0.15, 0.2) is 0 Å². The number of nitrogens with zero attached hydrogens (tertiary/aromatic N) is 3. The predicted molar refractivity (Wildman–Crippen MR) is 63.7 cm³/mol. The van der Waals surface area contributed by atoms with Gasteiger partial charge in [0.1, 0.15) is 5.01 Å². The van der Waals surface area contributed by atoms with Crippen molar-refractivity contribution in [1.82, 2.24) is 15.1 Å². The Balaban J connectivity index is 1.86. The number of nitrogens with one attached hydrogen (secondary N) is 1. The minimum absolute atomic E-state index is 0.0554. The first-order valence-electron chi connectivity index (χ1n) is 5.53. The number of hydrogen-bond donors (Lipinski definition) is 1. The second-order valence-corrected chi connectivity index (χ2v) is 5.13. The molecule has 17 heavy (non-hydrogen) atoms. The lowest BCUT2D eigenvalue weighted by molar-refractivity contribution is -0.136. The topological polar surface area (TPSA) is 75.2 Å². The molecular formula is C10H14N4O2S. The molecule has 7 heteroatoms. The highest BCUT2D eigenvalue weighted by Gasteiger charge is 2.20. The van der Waals surface area contributed by atoms with Gasteiger partial charge in [-0.15, -0.1) is 10.2 Å². The van der Waals surface area contributed by atoms with Crippen LogP contribution in [-0.2, 0) is 9.59 Å². The number of piperidine rings is 1. The number of carbonyl (C=O) groups excluding carboxylic acids is 2. The van der Waals surface area contributed by atoms with Crippen molar-refractivity contribution in [3.63, 3.8) is 0 Å². The summed E-state index contributed by atoms with van der Waals surface area (Å²) >= 11 is 1.32. The Morgan fingerprint density at radius 3 is 2.94 bits per heavy atom. The van der Waals surface area contributed by atoms with Gasteiger partial charge in [-0.3, -0.25) is 14.9 Å². The highest BCUT2D eigenvalue weighted by atomic mass is 32.1. The van der Waals surface area contributed by atoms with Crippen LogP contribution in [0.4, 0.5) is 5.13 Å². The number of carbonyl (C=O) groups is 2. The molecule has 2 amide bonds. The molecule has 1 aliphatic heterocycles. The molecule has 6 nitrogen and oxygen atoms in total. The summed E-state index contributed by atoms with van der Waals surface area (Å²) in [5.41, 5.74) is 0. The first kappa shape index (κ1) is 12.0. The van der Waals surface area contributed by atoms with Gasteiger partial charge in [0, 0.05) is 13.0 Å². The van der Waals surface area contributed by atoms with Gasteiger partial charge in [-0.1, -0.05) is 11.3 Å². The first-order valence-corrected chi connectivity index (χ1v) is 6.34. The molecule has 2 heterocycles. The Labute approximate surface area is 103 Å². The van der Waals surface area contributed by atoms with Crippen molar-refractivity contribution >= 4 is 28.3 Å². The van der Waals surface area contributed by atoms with E-state index in [1.54, 1.807) is 4.90 Å². The molecular weight excluding hydrogens is 240 g/mol. The van der Waals surface area contributed by atoms with E-state index in [9.17, 15) is 9.59 Å². The van der Waals surface area contributed by atoms with E-state index in [-0.39, 0.29) is 18.4 Å².